The molecule has 3 rings (SSSR count). The summed E-state index contributed by atoms with van der Waals surface area (Å²) in [6, 6.07) is 14.2. The number of carbonyl (C=O) groups excluding carboxylic acids is 1. The molecule has 0 radical (unpaired) electrons. The van der Waals surface area contributed by atoms with Crippen molar-refractivity contribution in [2.75, 3.05) is 23.9 Å². The van der Waals surface area contributed by atoms with Crippen molar-refractivity contribution in [2.24, 2.45) is 5.92 Å². The highest BCUT2D eigenvalue weighted by Crippen LogP contribution is 2.28. The van der Waals surface area contributed by atoms with Gasteiger partial charge >= 0.3 is 0 Å². The van der Waals surface area contributed by atoms with Crippen LogP contribution in [0.25, 0.3) is 0 Å². The molecule has 0 saturated carbocycles. The van der Waals surface area contributed by atoms with Crippen LogP contribution in [0.1, 0.15) is 37.8 Å². The smallest absolute Gasteiger partial charge is 0.264 e. The van der Waals surface area contributed by atoms with Crippen molar-refractivity contribution < 1.29 is 13.2 Å². The number of anilines is 1. The molecule has 5 nitrogen and oxygen atoms in total. The first-order chi connectivity index (χ1) is 13.8. The average molecular weight is 415 g/mol. The molecule has 0 aliphatic carbocycles. The first kappa shape index (κ1) is 21.4. The molecule has 1 aliphatic rings. The average Bonchev–Trinajstić information content (AvgIpc) is 2.72. The number of rotatable bonds is 6. The van der Waals surface area contributed by atoms with Crippen LogP contribution in [-0.4, -0.2) is 38.9 Å². The zero-order valence-corrected chi connectivity index (χ0v) is 18.3. The van der Waals surface area contributed by atoms with Gasteiger partial charge in [0.25, 0.3) is 10.0 Å². The summed E-state index contributed by atoms with van der Waals surface area (Å²) in [6.07, 6.45) is 2.75. The Kier molecular flexibility index (Phi) is 6.63. The van der Waals surface area contributed by atoms with E-state index in [1.165, 1.54) is 4.31 Å². The summed E-state index contributed by atoms with van der Waals surface area (Å²) in [5.74, 6) is 0.302. The van der Waals surface area contributed by atoms with Gasteiger partial charge in [-0.2, -0.15) is 0 Å². The Morgan fingerprint density at radius 2 is 1.83 bits per heavy atom. The van der Waals surface area contributed by atoms with Gasteiger partial charge in [-0.1, -0.05) is 49.7 Å². The Balaban J connectivity index is 2.00. The predicted molar refractivity (Wildman–Crippen MR) is 117 cm³/mol. The number of aryl methyl sites for hydroxylation is 2. The van der Waals surface area contributed by atoms with Crippen molar-refractivity contribution in [2.45, 2.75) is 44.9 Å². The summed E-state index contributed by atoms with van der Waals surface area (Å²) in [6.45, 7) is 7.24. The number of amides is 1. The Labute approximate surface area is 174 Å². The standard InChI is InChI=1S/C23H30N2O3S/c1-4-20-9-5-6-10-22(20)25(17-23(26)24-15-7-8-19(3)16-24)29(27,28)21-13-11-18(2)12-14-21/h5-6,9-14,19H,4,7-8,15-17H2,1-3H3/t19-/m1/s1. The van der Waals surface area contributed by atoms with E-state index in [1.807, 2.05) is 32.0 Å². The van der Waals surface area contributed by atoms with E-state index in [-0.39, 0.29) is 17.3 Å². The monoisotopic (exact) mass is 414 g/mol. The van der Waals surface area contributed by atoms with Crippen LogP contribution in [0.4, 0.5) is 5.69 Å². The van der Waals surface area contributed by atoms with Crippen molar-refractivity contribution in [1.82, 2.24) is 4.90 Å². The molecule has 1 atom stereocenters. The summed E-state index contributed by atoms with van der Waals surface area (Å²) in [4.78, 5) is 15.1. The van der Waals surface area contributed by atoms with Gasteiger partial charge in [0, 0.05) is 13.1 Å². The third-order valence-electron chi connectivity index (χ3n) is 5.54. The lowest BCUT2D eigenvalue weighted by Gasteiger charge is -2.33. The van der Waals surface area contributed by atoms with Crippen molar-refractivity contribution in [3.63, 3.8) is 0 Å². The van der Waals surface area contributed by atoms with Gasteiger partial charge in [-0.05, 0) is 55.9 Å². The molecule has 0 spiro atoms. The first-order valence-electron chi connectivity index (χ1n) is 10.3. The zero-order valence-electron chi connectivity index (χ0n) is 17.5. The van der Waals surface area contributed by atoms with Crippen molar-refractivity contribution in [1.29, 1.82) is 0 Å². The van der Waals surface area contributed by atoms with Crippen LogP contribution in [0.5, 0.6) is 0 Å². The van der Waals surface area contributed by atoms with E-state index in [0.29, 0.717) is 31.1 Å². The molecule has 6 heteroatoms. The van der Waals surface area contributed by atoms with Gasteiger partial charge < -0.3 is 4.90 Å². The molecule has 1 saturated heterocycles. The first-order valence-corrected chi connectivity index (χ1v) is 11.7. The topological polar surface area (TPSA) is 57.7 Å². The fourth-order valence-electron chi connectivity index (χ4n) is 3.83. The summed E-state index contributed by atoms with van der Waals surface area (Å²) in [7, 11) is -3.86. The fraction of sp³-hybridized carbons (Fsp3) is 0.435. The summed E-state index contributed by atoms with van der Waals surface area (Å²) in [5, 5.41) is 0. The minimum atomic E-state index is -3.86. The number of benzene rings is 2. The van der Waals surface area contributed by atoms with Crippen LogP contribution in [-0.2, 0) is 21.2 Å². The van der Waals surface area contributed by atoms with Crippen LogP contribution >= 0.6 is 0 Å². The van der Waals surface area contributed by atoms with Crippen LogP contribution in [0.3, 0.4) is 0 Å². The second-order valence-corrected chi connectivity index (χ2v) is 9.76. The molecule has 1 heterocycles. The van der Waals surface area contributed by atoms with Gasteiger partial charge in [0.1, 0.15) is 6.54 Å². The normalized spacial score (nSPS) is 17.2. The highest BCUT2D eigenvalue weighted by atomic mass is 32.2. The van der Waals surface area contributed by atoms with E-state index in [4.69, 9.17) is 0 Å². The molecule has 1 fully saturated rings. The maximum atomic E-state index is 13.6. The van der Waals surface area contributed by atoms with Gasteiger partial charge in [0.15, 0.2) is 0 Å². The lowest BCUT2D eigenvalue weighted by atomic mass is 10.0. The van der Waals surface area contributed by atoms with Gasteiger partial charge in [-0.3, -0.25) is 9.10 Å². The van der Waals surface area contributed by atoms with E-state index >= 15 is 0 Å². The van der Waals surface area contributed by atoms with E-state index in [2.05, 4.69) is 6.92 Å². The minimum Gasteiger partial charge on any atom is -0.341 e. The van der Waals surface area contributed by atoms with Crippen LogP contribution in [0, 0.1) is 12.8 Å². The number of para-hydroxylation sites is 1. The second kappa shape index (κ2) is 8.99. The highest BCUT2D eigenvalue weighted by Gasteiger charge is 2.31. The highest BCUT2D eigenvalue weighted by molar-refractivity contribution is 7.92. The van der Waals surface area contributed by atoms with E-state index in [9.17, 15) is 13.2 Å². The third kappa shape index (κ3) is 4.81. The summed E-state index contributed by atoms with van der Waals surface area (Å²) >= 11 is 0. The number of carbonyl (C=O) groups is 1. The lowest BCUT2D eigenvalue weighted by molar-refractivity contribution is -0.131. The second-order valence-electron chi connectivity index (χ2n) is 7.89. The molecule has 0 unspecified atom stereocenters. The minimum absolute atomic E-state index is 0.141. The number of piperidine rings is 1. The fourth-order valence-corrected chi connectivity index (χ4v) is 5.28. The Morgan fingerprint density at radius 3 is 2.48 bits per heavy atom. The molecule has 29 heavy (non-hydrogen) atoms. The molecule has 0 bridgehead atoms. The van der Waals surface area contributed by atoms with Crippen LogP contribution in [0.2, 0.25) is 0 Å². The largest absolute Gasteiger partial charge is 0.341 e. The number of hydrogen-bond donors (Lipinski definition) is 0. The molecule has 0 aromatic heterocycles. The van der Waals surface area contributed by atoms with Gasteiger partial charge in [0.2, 0.25) is 5.91 Å². The third-order valence-corrected chi connectivity index (χ3v) is 7.31. The molecule has 1 aliphatic heterocycles. The molecule has 2 aromatic carbocycles. The van der Waals surface area contributed by atoms with E-state index in [0.717, 1.165) is 24.0 Å². The van der Waals surface area contributed by atoms with Gasteiger partial charge in [0.05, 0.1) is 10.6 Å². The Hall–Kier alpha value is -2.34. The van der Waals surface area contributed by atoms with E-state index < -0.39 is 10.0 Å². The summed E-state index contributed by atoms with van der Waals surface area (Å²) in [5.41, 5.74) is 2.47. The SMILES string of the molecule is CCc1ccccc1N(CC(=O)N1CCC[C@@H](C)C1)S(=O)(=O)c1ccc(C)cc1. The van der Waals surface area contributed by atoms with Crippen LogP contribution < -0.4 is 4.31 Å². The number of sulfonamides is 1. The number of hydrogen-bond acceptors (Lipinski definition) is 3. The molecular weight excluding hydrogens is 384 g/mol. The summed E-state index contributed by atoms with van der Waals surface area (Å²) < 4.78 is 28.4. The number of nitrogens with zero attached hydrogens (tertiary/aromatic N) is 2. The van der Waals surface area contributed by atoms with Gasteiger partial charge in [-0.25, -0.2) is 8.42 Å². The van der Waals surface area contributed by atoms with Crippen molar-refractivity contribution in [3.05, 3.63) is 59.7 Å². The maximum Gasteiger partial charge on any atom is 0.264 e. The molecule has 0 N–H and O–H groups in total. The number of likely N-dealkylation sites (tertiary alicyclic amines) is 1. The maximum absolute atomic E-state index is 13.6. The zero-order chi connectivity index (χ0) is 21.0. The van der Waals surface area contributed by atoms with E-state index in [1.54, 1.807) is 35.2 Å². The Bertz CT molecular complexity index is 954. The van der Waals surface area contributed by atoms with Crippen LogP contribution in [0.15, 0.2) is 53.4 Å². The molecule has 156 valence electrons. The Morgan fingerprint density at radius 1 is 1.14 bits per heavy atom. The molecular formula is C23H30N2O3S. The molecule has 2 aromatic rings. The van der Waals surface area contributed by atoms with Gasteiger partial charge in [-0.15, -0.1) is 0 Å². The van der Waals surface area contributed by atoms with Crippen molar-refractivity contribution in [3.8, 4) is 0 Å². The molecule has 1 amide bonds. The quantitative estimate of drug-likeness (QED) is 0.718. The van der Waals surface area contributed by atoms with Crippen molar-refractivity contribution >= 4 is 21.6 Å². The lowest BCUT2D eigenvalue weighted by Crippen LogP contribution is -2.46. The predicted octanol–water partition coefficient (Wildman–Crippen LogP) is 4.01.